The molecule has 1 fully saturated rings. The van der Waals surface area contributed by atoms with E-state index in [9.17, 15) is 14.3 Å². The van der Waals surface area contributed by atoms with Gasteiger partial charge in [-0.05, 0) is 49.8 Å². The number of para-hydroxylation sites is 1. The molecule has 0 bridgehead atoms. The lowest BCUT2D eigenvalue weighted by Gasteiger charge is -2.38. The Balaban J connectivity index is 1.39. The SMILES string of the molecule is C=CC(=O)Nc1cc(-c2cccc3cnc(Nc4ccc(N5CCN(CC(C)(C)O)CC5)c(F)c4F)nc23)ccc1F. The van der Waals surface area contributed by atoms with E-state index < -0.39 is 29.0 Å². The first-order valence-corrected chi connectivity index (χ1v) is 13.5. The molecule has 5 rings (SSSR count). The van der Waals surface area contributed by atoms with Crippen molar-refractivity contribution in [3.8, 4) is 11.1 Å². The Labute approximate surface area is 241 Å². The average molecular weight is 577 g/mol. The third-order valence-electron chi connectivity index (χ3n) is 6.96. The highest BCUT2D eigenvalue weighted by atomic mass is 19.2. The van der Waals surface area contributed by atoms with E-state index in [2.05, 4.69) is 32.1 Å². The molecule has 0 saturated carbocycles. The van der Waals surface area contributed by atoms with Crippen LogP contribution in [0.3, 0.4) is 0 Å². The summed E-state index contributed by atoms with van der Waals surface area (Å²) in [6, 6.07) is 12.6. The van der Waals surface area contributed by atoms with Gasteiger partial charge in [0.1, 0.15) is 5.82 Å². The Bertz CT molecular complexity index is 1650. The normalized spacial score (nSPS) is 14.2. The molecule has 0 spiro atoms. The number of fused-ring (bicyclic) bond motifs is 1. The van der Waals surface area contributed by atoms with E-state index in [0.29, 0.717) is 54.8 Å². The highest BCUT2D eigenvalue weighted by Crippen LogP contribution is 2.32. The highest BCUT2D eigenvalue weighted by Gasteiger charge is 2.26. The number of amides is 1. The highest BCUT2D eigenvalue weighted by molar-refractivity contribution is 6.00. The Morgan fingerprint density at radius 1 is 1.05 bits per heavy atom. The Morgan fingerprint density at radius 2 is 1.81 bits per heavy atom. The van der Waals surface area contributed by atoms with Crippen LogP contribution in [-0.2, 0) is 4.79 Å². The van der Waals surface area contributed by atoms with Gasteiger partial charge in [0.2, 0.25) is 11.9 Å². The van der Waals surface area contributed by atoms with Gasteiger partial charge in [0.25, 0.3) is 0 Å². The van der Waals surface area contributed by atoms with Crippen LogP contribution in [0.5, 0.6) is 0 Å². The minimum atomic E-state index is -1.05. The molecule has 8 nitrogen and oxygen atoms in total. The fraction of sp³-hybridized carbons (Fsp3) is 0.258. The summed E-state index contributed by atoms with van der Waals surface area (Å²) >= 11 is 0. The molecule has 42 heavy (non-hydrogen) atoms. The molecule has 1 saturated heterocycles. The van der Waals surface area contributed by atoms with E-state index in [1.54, 1.807) is 49.2 Å². The molecule has 0 unspecified atom stereocenters. The minimum absolute atomic E-state index is 0.0157. The maximum atomic E-state index is 15.2. The molecule has 1 amide bonds. The van der Waals surface area contributed by atoms with Crippen LogP contribution in [0.25, 0.3) is 22.0 Å². The van der Waals surface area contributed by atoms with Crippen LogP contribution in [0.4, 0.5) is 36.2 Å². The molecule has 3 aromatic carbocycles. The van der Waals surface area contributed by atoms with E-state index in [-0.39, 0.29) is 23.0 Å². The molecule has 0 radical (unpaired) electrons. The summed E-state index contributed by atoms with van der Waals surface area (Å²) in [4.78, 5) is 24.4. The molecule has 1 aliphatic heterocycles. The van der Waals surface area contributed by atoms with E-state index >= 15 is 8.78 Å². The number of hydrogen-bond acceptors (Lipinski definition) is 7. The molecule has 0 aliphatic carbocycles. The minimum Gasteiger partial charge on any atom is -0.389 e. The van der Waals surface area contributed by atoms with Gasteiger partial charge in [0.15, 0.2) is 11.6 Å². The number of carbonyl (C=O) groups is 1. The lowest BCUT2D eigenvalue weighted by molar-refractivity contribution is -0.111. The van der Waals surface area contributed by atoms with Gasteiger partial charge in [-0.3, -0.25) is 9.69 Å². The smallest absolute Gasteiger partial charge is 0.247 e. The quantitative estimate of drug-likeness (QED) is 0.240. The van der Waals surface area contributed by atoms with Gasteiger partial charge in [0, 0.05) is 49.9 Å². The topological polar surface area (TPSA) is 93.6 Å². The zero-order chi connectivity index (χ0) is 30.0. The number of hydrogen-bond donors (Lipinski definition) is 3. The predicted octanol–water partition coefficient (Wildman–Crippen LogP) is 5.48. The number of rotatable bonds is 8. The largest absolute Gasteiger partial charge is 0.389 e. The molecular formula is C31H31F3N6O2. The summed E-state index contributed by atoms with van der Waals surface area (Å²) < 4.78 is 44.8. The van der Waals surface area contributed by atoms with Gasteiger partial charge < -0.3 is 20.6 Å². The number of aromatic nitrogens is 2. The second-order valence-electron chi connectivity index (χ2n) is 10.8. The van der Waals surface area contributed by atoms with Crippen molar-refractivity contribution in [3.05, 3.63) is 84.8 Å². The van der Waals surface area contributed by atoms with Gasteiger partial charge in [-0.15, -0.1) is 0 Å². The predicted molar refractivity (Wildman–Crippen MR) is 158 cm³/mol. The van der Waals surface area contributed by atoms with E-state index in [4.69, 9.17) is 0 Å². The zero-order valence-corrected chi connectivity index (χ0v) is 23.3. The van der Waals surface area contributed by atoms with Gasteiger partial charge in [-0.1, -0.05) is 30.8 Å². The maximum absolute atomic E-state index is 15.2. The Kier molecular flexibility index (Phi) is 8.15. The third-order valence-corrected chi connectivity index (χ3v) is 6.96. The molecule has 4 aromatic rings. The van der Waals surface area contributed by atoms with E-state index in [1.165, 1.54) is 24.3 Å². The summed E-state index contributed by atoms with van der Waals surface area (Å²) in [6.45, 7) is 9.60. The number of anilines is 4. The maximum Gasteiger partial charge on any atom is 0.247 e. The standard InChI is InChI=1S/C31H31F3N6O2/c1-4-26(41)36-24-16-19(8-9-22(24)32)21-7-5-6-20-17-35-30(38-29(20)21)37-23-10-11-25(28(34)27(23)33)40-14-12-39(13-15-40)18-31(2,3)42/h4-11,16-17,42H,1,12-15,18H2,2-3H3,(H,36,41)(H,35,37,38). The first-order chi connectivity index (χ1) is 20.0. The molecular weight excluding hydrogens is 545 g/mol. The van der Waals surface area contributed by atoms with Gasteiger partial charge in [0.05, 0.1) is 28.2 Å². The summed E-state index contributed by atoms with van der Waals surface area (Å²) in [7, 11) is 0. The van der Waals surface area contributed by atoms with Crippen LogP contribution in [-0.4, -0.2) is 64.2 Å². The molecule has 2 heterocycles. The second-order valence-corrected chi connectivity index (χ2v) is 10.8. The Morgan fingerprint density at radius 3 is 2.52 bits per heavy atom. The van der Waals surface area contributed by atoms with Crippen molar-refractivity contribution < 1.29 is 23.1 Å². The molecule has 11 heteroatoms. The van der Waals surface area contributed by atoms with Gasteiger partial charge in [-0.25, -0.2) is 23.1 Å². The molecule has 218 valence electrons. The molecule has 0 atom stereocenters. The van der Waals surface area contributed by atoms with Crippen LogP contribution in [0.2, 0.25) is 0 Å². The number of halogens is 3. The van der Waals surface area contributed by atoms with Crippen molar-refractivity contribution in [1.29, 1.82) is 0 Å². The first-order valence-electron chi connectivity index (χ1n) is 13.5. The van der Waals surface area contributed by atoms with Crippen LogP contribution in [0, 0.1) is 17.5 Å². The van der Waals surface area contributed by atoms with Crippen molar-refractivity contribution in [2.24, 2.45) is 0 Å². The first kappa shape index (κ1) is 29.0. The zero-order valence-electron chi connectivity index (χ0n) is 23.3. The van der Waals surface area contributed by atoms with E-state index in [1.807, 2.05) is 0 Å². The fourth-order valence-corrected chi connectivity index (χ4v) is 5.02. The molecule has 1 aliphatic rings. The number of nitrogens with one attached hydrogen (secondary N) is 2. The van der Waals surface area contributed by atoms with Crippen molar-refractivity contribution in [2.45, 2.75) is 19.4 Å². The van der Waals surface area contributed by atoms with Crippen LogP contribution >= 0.6 is 0 Å². The lowest BCUT2D eigenvalue weighted by Crippen LogP contribution is -2.50. The van der Waals surface area contributed by atoms with Crippen molar-refractivity contribution in [3.63, 3.8) is 0 Å². The number of carbonyl (C=O) groups excluding carboxylic acids is 1. The summed E-state index contributed by atoms with van der Waals surface area (Å²) in [5.41, 5.74) is 0.891. The van der Waals surface area contributed by atoms with Crippen LogP contribution < -0.4 is 15.5 Å². The average Bonchev–Trinajstić information content (AvgIpc) is 2.96. The van der Waals surface area contributed by atoms with Crippen molar-refractivity contribution in [2.75, 3.05) is 48.3 Å². The number of piperazine rings is 1. The summed E-state index contributed by atoms with van der Waals surface area (Å²) in [6.07, 6.45) is 2.59. The Hall–Kier alpha value is -4.48. The van der Waals surface area contributed by atoms with Crippen molar-refractivity contribution in [1.82, 2.24) is 14.9 Å². The number of benzene rings is 3. The van der Waals surface area contributed by atoms with Crippen LogP contribution in [0.1, 0.15) is 13.8 Å². The van der Waals surface area contributed by atoms with Crippen LogP contribution in [0.15, 0.2) is 67.4 Å². The van der Waals surface area contributed by atoms with Gasteiger partial charge >= 0.3 is 0 Å². The van der Waals surface area contributed by atoms with E-state index in [0.717, 1.165) is 6.08 Å². The monoisotopic (exact) mass is 576 g/mol. The van der Waals surface area contributed by atoms with Gasteiger partial charge in [-0.2, -0.15) is 0 Å². The second kappa shape index (κ2) is 11.8. The number of β-amino-alcohol motifs (C(OH)–C–C–N with tert-alkyl or cyclic N) is 1. The summed E-state index contributed by atoms with van der Waals surface area (Å²) in [5, 5.41) is 16.0. The fourth-order valence-electron chi connectivity index (χ4n) is 5.02. The third kappa shape index (κ3) is 6.37. The van der Waals surface area contributed by atoms with Crippen molar-refractivity contribution >= 4 is 39.8 Å². The lowest BCUT2D eigenvalue weighted by atomic mass is 10.0. The summed E-state index contributed by atoms with van der Waals surface area (Å²) in [5.74, 6) is -3.14. The number of nitrogens with zero attached hydrogens (tertiary/aromatic N) is 4. The molecule has 3 N–H and O–H groups in total. The number of aliphatic hydroxyl groups is 1. The molecule has 1 aromatic heterocycles.